The second-order valence-electron chi connectivity index (χ2n) is 3.07. The number of benzene rings is 1. The van der Waals surface area contributed by atoms with Crippen LogP contribution in [0.5, 0.6) is 0 Å². The van der Waals surface area contributed by atoms with Crippen molar-refractivity contribution in [1.82, 2.24) is 4.98 Å². The van der Waals surface area contributed by atoms with Gasteiger partial charge >= 0.3 is 0 Å². The Kier molecular flexibility index (Phi) is 3.59. The van der Waals surface area contributed by atoms with Gasteiger partial charge in [-0.25, -0.2) is 4.98 Å². The number of nitrogen functional groups attached to an aromatic ring is 1. The van der Waals surface area contributed by atoms with Crippen LogP contribution in [-0.2, 0) is 0 Å². The van der Waals surface area contributed by atoms with Gasteiger partial charge in [-0.1, -0.05) is 53.2 Å². The minimum absolute atomic E-state index is 0.305. The normalized spacial score (nSPS) is 10.4. The van der Waals surface area contributed by atoms with E-state index >= 15 is 0 Å². The molecule has 5 heteroatoms. The third kappa shape index (κ3) is 2.61. The molecule has 0 saturated heterocycles. The fourth-order valence-corrected chi connectivity index (χ4v) is 2.59. The minimum atomic E-state index is 0.305. The fraction of sp³-hybridized carbons (Fsp3) is 0. The van der Waals surface area contributed by atoms with E-state index in [1.165, 1.54) is 11.8 Å². The quantitative estimate of drug-likeness (QED) is 0.835. The molecule has 16 heavy (non-hydrogen) atoms. The van der Waals surface area contributed by atoms with Crippen molar-refractivity contribution >= 4 is 40.7 Å². The first kappa shape index (κ1) is 11.6. The number of aromatic nitrogens is 1. The molecule has 82 valence electrons. The lowest BCUT2D eigenvalue weighted by Crippen LogP contribution is -1.92. The summed E-state index contributed by atoms with van der Waals surface area (Å²) in [6.07, 6.45) is 0. The predicted octanol–water partition coefficient (Wildman–Crippen LogP) is 4.12. The Bertz CT molecular complexity index is 480. The minimum Gasteiger partial charge on any atom is -0.398 e. The highest BCUT2D eigenvalue weighted by Crippen LogP contribution is 2.37. The fourth-order valence-electron chi connectivity index (χ4n) is 1.20. The molecule has 2 nitrogen and oxygen atoms in total. The molecular formula is C11H8Cl2N2S. The van der Waals surface area contributed by atoms with Crippen molar-refractivity contribution in [3.05, 3.63) is 46.7 Å². The Morgan fingerprint density at radius 2 is 1.81 bits per heavy atom. The van der Waals surface area contributed by atoms with Crippen LogP contribution in [0.1, 0.15) is 0 Å². The maximum atomic E-state index is 5.99. The first-order chi connectivity index (χ1) is 7.66. The SMILES string of the molecule is Nc1cc(Cl)nc(Cl)c1Sc1ccccc1. The number of hydrogen-bond acceptors (Lipinski definition) is 3. The van der Waals surface area contributed by atoms with E-state index in [1.807, 2.05) is 30.3 Å². The van der Waals surface area contributed by atoms with Gasteiger partial charge in [-0.3, -0.25) is 0 Å². The number of halogens is 2. The van der Waals surface area contributed by atoms with Crippen LogP contribution < -0.4 is 5.73 Å². The topological polar surface area (TPSA) is 38.9 Å². The molecule has 2 rings (SSSR count). The highest BCUT2D eigenvalue weighted by molar-refractivity contribution is 7.99. The van der Waals surface area contributed by atoms with Crippen LogP contribution in [0.2, 0.25) is 10.3 Å². The lowest BCUT2D eigenvalue weighted by Gasteiger charge is -2.07. The Morgan fingerprint density at radius 3 is 2.44 bits per heavy atom. The van der Waals surface area contributed by atoms with Crippen molar-refractivity contribution in [2.24, 2.45) is 0 Å². The highest BCUT2D eigenvalue weighted by Gasteiger charge is 2.09. The second kappa shape index (κ2) is 4.95. The van der Waals surface area contributed by atoms with Crippen LogP contribution in [0.15, 0.2) is 46.2 Å². The number of rotatable bonds is 2. The Balaban J connectivity index is 2.35. The van der Waals surface area contributed by atoms with E-state index in [1.54, 1.807) is 6.07 Å². The van der Waals surface area contributed by atoms with Gasteiger partial charge in [0.25, 0.3) is 0 Å². The molecule has 0 bridgehead atoms. The van der Waals surface area contributed by atoms with Gasteiger partial charge in [0.2, 0.25) is 0 Å². The first-order valence-electron chi connectivity index (χ1n) is 4.51. The van der Waals surface area contributed by atoms with E-state index in [0.717, 1.165) is 9.79 Å². The first-order valence-corrected chi connectivity index (χ1v) is 6.08. The molecule has 0 amide bonds. The van der Waals surface area contributed by atoms with E-state index in [-0.39, 0.29) is 0 Å². The molecule has 1 aromatic carbocycles. The molecule has 1 heterocycles. The third-order valence-corrected chi connectivity index (χ3v) is 3.61. The standard InChI is InChI=1S/C11H8Cl2N2S/c12-9-6-8(14)10(11(13)15-9)16-7-4-2-1-3-5-7/h1-6H,(H2,14,15). The third-order valence-electron chi connectivity index (χ3n) is 1.89. The van der Waals surface area contributed by atoms with Crippen molar-refractivity contribution < 1.29 is 0 Å². The van der Waals surface area contributed by atoms with E-state index < -0.39 is 0 Å². The smallest absolute Gasteiger partial charge is 0.146 e. The molecule has 0 aliphatic carbocycles. The predicted molar refractivity (Wildman–Crippen MR) is 69.2 cm³/mol. The zero-order valence-corrected chi connectivity index (χ0v) is 10.5. The van der Waals surface area contributed by atoms with E-state index in [9.17, 15) is 0 Å². The van der Waals surface area contributed by atoms with E-state index in [4.69, 9.17) is 28.9 Å². The van der Waals surface area contributed by atoms with Gasteiger partial charge in [0.15, 0.2) is 0 Å². The molecule has 0 atom stereocenters. The van der Waals surface area contributed by atoms with Gasteiger partial charge in [-0.2, -0.15) is 0 Å². The number of nitrogens with two attached hydrogens (primary N) is 1. The maximum Gasteiger partial charge on any atom is 0.146 e. The summed E-state index contributed by atoms with van der Waals surface area (Å²) in [5.41, 5.74) is 6.38. The Labute approximate surface area is 108 Å². The van der Waals surface area contributed by atoms with Crippen LogP contribution in [-0.4, -0.2) is 4.98 Å². The monoisotopic (exact) mass is 270 g/mol. The Morgan fingerprint density at radius 1 is 1.12 bits per heavy atom. The van der Waals surface area contributed by atoms with Gasteiger partial charge in [-0.05, 0) is 18.2 Å². The molecule has 0 unspecified atom stereocenters. The summed E-state index contributed by atoms with van der Waals surface area (Å²) < 4.78 is 0. The average molecular weight is 271 g/mol. The van der Waals surface area contributed by atoms with Gasteiger partial charge < -0.3 is 5.73 Å². The molecule has 0 spiro atoms. The molecule has 0 fully saturated rings. The van der Waals surface area contributed by atoms with Crippen LogP contribution in [0.4, 0.5) is 5.69 Å². The van der Waals surface area contributed by atoms with Crippen molar-refractivity contribution in [1.29, 1.82) is 0 Å². The largest absolute Gasteiger partial charge is 0.398 e. The Hall–Kier alpha value is -0.900. The van der Waals surface area contributed by atoms with Crippen molar-refractivity contribution in [2.75, 3.05) is 5.73 Å². The molecular weight excluding hydrogens is 263 g/mol. The summed E-state index contributed by atoms with van der Waals surface area (Å²) in [6.45, 7) is 0. The van der Waals surface area contributed by atoms with Gasteiger partial charge in [0, 0.05) is 4.90 Å². The van der Waals surface area contributed by atoms with Crippen LogP contribution in [0, 0.1) is 0 Å². The zero-order chi connectivity index (χ0) is 11.5. The number of anilines is 1. The van der Waals surface area contributed by atoms with Gasteiger partial charge in [0.05, 0.1) is 10.6 Å². The average Bonchev–Trinajstić information content (AvgIpc) is 2.25. The molecule has 0 aliphatic rings. The summed E-state index contributed by atoms with van der Waals surface area (Å²) in [5, 5.41) is 0.638. The maximum absolute atomic E-state index is 5.99. The molecule has 1 aromatic heterocycles. The van der Waals surface area contributed by atoms with Gasteiger partial charge in [-0.15, -0.1) is 0 Å². The summed E-state index contributed by atoms with van der Waals surface area (Å²) in [5.74, 6) is 0. The lowest BCUT2D eigenvalue weighted by molar-refractivity contribution is 1.24. The number of hydrogen-bond donors (Lipinski definition) is 1. The molecule has 0 radical (unpaired) electrons. The van der Waals surface area contributed by atoms with Crippen LogP contribution >= 0.6 is 35.0 Å². The number of nitrogens with zero attached hydrogens (tertiary/aromatic N) is 1. The molecule has 0 saturated carbocycles. The summed E-state index contributed by atoms with van der Waals surface area (Å²) >= 11 is 13.2. The van der Waals surface area contributed by atoms with E-state index in [0.29, 0.717) is 16.0 Å². The lowest BCUT2D eigenvalue weighted by atomic mass is 10.4. The van der Waals surface area contributed by atoms with Crippen molar-refractivity contribution in [3.8, 4) is 0 Å². The summed E-state index contributed by atoms with van der Waals surface area (Å²) in [7, 11) is 0. The molecule has 2 aromatic rings. The van der Waals surface area contributed by atoms with Crippen LogP contribution in [0.3, 0.4) is 0 Å². The highest BCUT2D eigenvalue weighted by atomic mass is 35.5. The number of pyridine rings is 1. The summed E-state index contributed by atoms with van der Waals surface area (Å²) in [6, 6.07) is 11.4. The van der Waals surface area contributed by atoms with Gasteiger partial charge in [0.1, 0.15) is 10.3 Å². The van der Waals surface area contributed by atoms with E-state index in [2.05, 4.69) is 4.98 Å². The zero-order valence-electron chi connectivity index (χ0n) is 8.15. The molecule has 2 N–H and O–H groups in total. The van der Waals surface area contributed by atoms with Crippen LogP contribution in [0.25, 0.3) is 0 Å². The second-order valence-corrected chi connectivity index (χ2v) is 4.90. The van der Waals surface area contributed by atoms with Crippen molar-refractivity contribution in [3.63, 3.8) is 0 Å². The van der Waals surface area contributed by atoms with Crippen molar-refractivity contribution in [2.45, 2.75) is 9.79 Å². The summed E-state index contributed by atoms with van der Waals surface area (Å²) in [4.78, 5) is 5.75. The molecule has 0 aliphatic heterocycles.